The van der Waals surface area contributed by atoms with Crippen LogP contribution in [0.2, 0.25) is 0 Å². The molecule has 0 amide bonds. The first kappa shape index (κ1) is 11.0. The van der Waals surface area contributed by atoms with Crippen molar-refractivity contribution in [2.24, 2.45) is 0 Å². The summed E-state index contributed by atoms with van der Waals surface area (Å²) in [6.07, 6.45) is 0. The molecule has 2 aromatic rings. The van der Waals surface area contributed by atoms with Crippen molar-refractivity contribution in [3.05, 3.63) is 5.69 Å². The lowest BCUT2D eigenvalue weighted by Crippen LogP contribution is -2.06. The van der Waals surface area contributed by atoms with Gasteiger partial charge in [-0.15, -0.1) is 15.3 Å². The second kappa shape index (κ2) is 4.56. The molecule has 0 aliphatic rings. The molecule has 7 heteroatoms. The zero-order chi connectivity index (χ0) is 11.5. The second-order valence-corrected chi connectivity index (χ2v) is 4.06. The number of hydrogen-bond acceptors (Lipinski definition) is 6. The Balaban J connectivity index is 2.46. The van der Waals surface area contributed by atoms with Crippen molar-refractivity contribution in [2.75, 3.05) is 11.9 Å². The maximum Gasteiger partial charge on any atom is 0.224 e. The molecular weight excluding hydrogens is 224 g/mol. The molecule has 0 fully saturated rings. The molecule has 0 bridgehead atoms. The van der Waals surface area contributed by atoms with E-state index in [1.807, 2.05) is 18.4 Å². The van der Waals surface area contributed by atoms with Gasteiger partial charge in [0.05, 0.1) is 5.69 Å². The van der Waals surface area contributed by atoms with Crippen molar-refractivity contribution in [1.29, 1.82) is 0 Å². The zero-order valence-electron chi connectivity index (χ0n) is 9.56. The third-order valence-corrected chi connectivity index (χ3v) is 3.08. The Bertz CT molecular complexity index is 474. The van der Waals surface area contributed by atoms with Crippen molar-refractivity contribution in [3.63, 3.8) is 0 Å². The van der Waals surface area contributed by atoms with Gasteiger partial charge in [0.25, 0.3) is 0 Å². The number of rotatable bonds is 4. The molecule has 0 unspecified atom stereocenters. The molecular formula is C9H14N6S. The second-order valence-electron chi connectivity index (χ2n) is 3.31. The molecule has 1 N–H and O–H groups in total. The van der Waals surface area contributed by atoms with Crippen LogP contribution in [0.5, 0.6) is 0 Å². The van der Waals surface area contributed by atoms with Gasteiger partial charge >= 0.3 is 0 Å². The molecule has 86 valence electrons. The predicted octanol–water partition coefficient (Wildman–Crippen LogP) is 1.56. The SMILES string of the molecule is CCNc1nnc(-c2snnc2C)n1CC. The molecule has 0 spiro atoms. The molecule has 6 nitrogen and oxygen atoms in total. The molecule has 0 saturated heterocycles. The maximum absolute atomic E-state index is 4.19. The quantitative estimate of drug-likeness (QED) is 0.875. The highest BCUT2D eigenvalue weighted by molar-refractivity contribution is 7.09. The summed E-state index contributed by atoms with van der Waals surface area (Å²) in [5.74, 6) is 1.64. The number of nitrogens with one attached hydrogen (secondary N) is 1. The Labute approximate surface area is 97.9 Å². The molecule has 0 saturated carbocycles. The number of aryl methyl sites for hydroxylation is 1. The molecule has 16 heavy (non-hydrogen) atoms. The molecule has 2 aromatic heterocycles. The lowest BCUT2D eigenvalue weighted by Gasteiger charge is -2.06. The van der Waals surface area contributed by atoms with E-state index in [1.165, 1.54) is 11.5 Å². The predicted molar refractivity (Wildman–Crippen MR) is 63.5 cm³/mol. The molecule has 2 heterocycles. The van der Waals surface area contributed by atoms with E-state index in [9.17, 15) is 0 Å². The third kappa shape index (κ3) is 1.78. The van der Waals surface area contributed by atoms with Crippen molar-refractivity contribution in [2.45, 2.75) is 27.3 Å². The fourth-order valence-corrected chi connectivity index (χ4v) is 2.15. The Morgan fingerprint density at radius 3 is 2.62 bits per heavy atom. The fraction of sp³-hybridized carbons (Fsp3) is 0.556. The van der Waals surface area contributed by atoms with Gasteiger partial charge in [0.2, 0.25) is 5.95 Å². The lowest BCUT2D eigenvalue weighted by molar-refractivity contribution is 0.771. The van der Waals surface area contributed by atoms with Crippen molar-refractivity contribution in [1.82, 2.24) is 24.4 Å². The average molecular weight is 238 g/mol. The van der Waals surface area contributed by atoms with Gasteiger partial charge in [0, 0.05) is 13.1 Å². The summed E-state index contributed by atoms with van der Waals surface area (Å²) < 4.78 is 5.95. The molecule has 0 aromatic carbocycles. The van der Waals surface area contributed by atoms with Crippen LogP contribution in [0.15, 0.2) is 0 Å². The van der Waals surface area contributed by atoms with Crippen LogP contribution in [0, 0.1) is 6.92 Å². The van der Waals surface area contributed by atoms with E-state index in [-0.39, 0.29) is 0 Å². The maximum atomic E-state index is 4.19. The van der Waals surface area contributed by atoms with E-state index in [0.29, 0.717) is 0 Å². The summed E-state index contributed by atoms with van der Waals surface area (Å²) in [6.45, 7) is 7.69. The Morgan fingerprint density at radius 2 is 2.06 bits per heavy atom. The van der Waals surface area contributed by atoms with Gasteiger partial charge in [-0.1, -0.05) is 4.49 Å². The van der Waals surface area contributed by atoms with Gasteiger partial charge in [0.1, 0.15) is 4.88 Å². The van der Waals surface area contributed by atoms with E-state index in [1.54, 1.807) is 0 Å². The fourth-order valence-electron chi connectivity index (χ4n) is 1.50. The summed E-state index contributed by atoms with van der Waals surface area (Å²) in [6, 6.07) is 0. The van der Waals surface area contributed by atoms with Gasteiger partial charge < -0.3 is 5.32 Å². The smallest absolute Gasteiger partial charge is 0.224 e. The highest BCUT2D eigenvalue weighted by Crippen LogP contribution is 2.25. The topological polar surface area (TPSA) is 68.5 Å². The van der Waals surface area contributed by atoms with Gasteiger partial charge in [-0.2, -0.15) is 0 Å². The van der Waals surface area contributed by atoms with Gasteiger partial charge in [0.15, 0.2) is 5.82 Å². The lowest BCUT2D eigenvalue weighted by atomic mass is 10.4. The van der Waals surface area contributed by atoms with Crippen LogP contribution in [-0.4, -0.2) is 30.9 Å². The van der Waals surface area contributed by atoms with Gasteiger partial charge in [-0.25, -0.2) is 0 Å². The number of hydrogen-bond donors (Lipinski definition) is 1. The minimum Gasteiger partial charge on any atom is -0.355 e. The van der Waals surface area contributed by atoms with E-state index in [4.69, 9.17) is 0 Å². The van der Waals surface area contributed by atoms with E-state index in [2.05, 4.69) is 32.0 Å². The van der Waals surface area contributed by atoms with Crippen LogP contribution >= 0.6 is 11.5 Å². The van der Waals surface area contributed by atoms with Crippen LogP contribution < -0.4 is 5.32 Å². The normalized spacial score (nSPS) is 10.7. The summed E-state index contributed by atoms with van der Waals surface area (Å²) in [4.78, 5) is 0.985. The zero-order valence-corrected chi connectivity index (χ0v) is 10.4. The molecule has 0 radical (unpaired) electrons. The summed E-state index contributed by atoms with van der Waals surface area (Å²) in [7, 11) is 0. The van der Waals surface area contributed by atoms with Crippen LogP contribution in [0.4, 0.5) is 5.95 Å². The van der Waals surface area contributed by atoms with E-state index in [0.717, 1.165) is 35.4 Å². The van der Waals surface area contributed by atoms with Crippen molar-refractivity contribution < 1.29 is 0 Å². The van der Waals surface area contributed by atoms with Crippen LogP contribution in [-0.2, 0) is 6.54 Å². The first-order valence-electron chi connectivity index (χ1n) is 5.24. The highest BCUT2D eigenvalue weighted by Gasteiger charge is 2.16. The van der Waals surface area contributed by atoms with Crippen molar-refractivity contribution >= 4 is 17.5 Å². The Kier molecular flexibility index (Phi) is 3.14. The largest absolute Gasteiger partial charge is 0.355 e. The number of aromatic nitrogens is 5. The monoisotopic (exact) mass is 238 g/mol. The van der Waals surface area contributed by atoms with Crippen LogP contribution in [0.25, 0.3) is 10.7 Å². The highest BCUT2D eigenvalue weighted by atomic mass is 32.1. The Morgan fingerprint density at radius 1 is 1.25 bits per heavy atom. The molecule has 0 aliphatic heterocycles. The van der Waals surface area contributed by atoms with Crippen LogP contribution in [0.3, 0.4) is 0 Å². The minimum atomic E-state index is 0.799. The van der Waals surface area contributed by atoms with Crippen molar-refractivity contribution in [3.8, 4) is 10.7 Å². The molecule has 2 rings (SSSR count). The first-order chi connectivity index (χ1) is 7.77. The van der Waals surface area contributed by atoms with E-state index < -0.39 is 0 Å². The molecule has 0 aliphatic carbocycles. The standard InChI is InChI=1S/C9H14N6S/c1-4-10-9-13-12-8(15(9)5-2)7-6(3)11-14-16-7/h4-5H2,1-3H3,(H,10,13). The third-order valence-electron chi connectivity index (χ3n) is 2.26. The average Bonchev–Trinajstić information content (AvgIpc) is 2.84. The summed E-state index contributed by atoms with van der Waals surface area (Å²) in [5.41, 5.74) is 0.898. The molecule has 0 atom stereocenters. The number of anilines is 1. The van der Waals surface area contributed by atoms with Gasteiger partial charge in [-0.05, 0) is 32.3 Å². The summed E-state index contributed by atoms with van der Waals surface area (Å²) in [5, 5.41) is 15.5. The van der Waals surface area contributed by atoms with E-state index >= 15 is 0 Å². The minimum absolute atomic E-state index is 0.799. The van der Waals surface area contributed by atoms with Gasteiger partial charge in [-0.3, -0.25) is 4.57 Å². The summed E-state index contributed by atoms with van der Waals surface area (Å²) >= 11 is 1.35. The number of nitrogens with zero attached hydrogens (tertiary/aromatic N) is 5. The first-order valence-corrected chi connectivity index (χ1v) is 6.01. The Hall–Kier alpha value is -1.50. The van der Waals surface area contributed by atoms with Crippen LogP contribution in [0.1, 0.15) is 19.5 Å².